The molecule has 1 aliphatic rings. The fraction of sp³-hybridized carbons (Fsp3) is 0.500. The zero-order valence-electron chi connectivity index (χ0n) is 8.69. The third-order valence-corrected chi connectivity index (χ3v) is 3.22. The maximum absolute atomic E-state index is 9.15. The molecule has 82 valence electrons. The number of rotatable bonds is 2. The number of halogens is 1. The molecule has 15 heavy (non-hydrogen) atoms. The van der Waals surface area contributed by atoms with Crippen molar-refractivity contribution < 1.29 is 5.11 Å². The molecule has 0 bridgehead atoms. The van der Waals surface area contributed by atoms with E-state index in [0.29, 0.717) is 12.5 Å². The van der Waals surface area contributed by atoms with Crippen LogP contribution in [0.3, 0.4) is 0 Å². The highest BCUT2D eigenvalue weighted by Crippen LogP contribution is 2.24. The summed E-state index contributed by atoms with van der Waals surface area (Å²) in [6, 6.07) is 7.92. The summed E-state index contributed by atoms with van der Waals surface area (Å²) in [4.78, 5) is 2.32. The van der Waals surface area contributed by atoms with Crippen molar-refractivity contribution in [3.05, 3.63) is 29.3 Å². The summed E-state index contributed by atoms with van der Waals surface area (Å²) in [5.74, 6) is 0.425. The van der Waals surface area contributed by atoms with E-state index < -0.39 is 0 Å². The lowest BCUT2D eigenvalue weighted by Gasteiger charge is -2.33. The van der Waals surface area contributed by atoms with Gasteiger partial charge in [-0.25, -0.2) is 0 Å². The first-order valence-corrected chi connectivity index (χ1v) is 5.79. The minimum absolute atomic E-state index is 0.296. The standard InChI is InChI=1S/C12H16ClNO/c13-11-3-5-12(6-4-11)14-7-1-2-10(8-14)9-15/h3-6,10,15H,1-2,7-9H2/t10-/m1/s1. The van der Waals surface area contributed by atoms with Crippen molar-refractivity contribution in [3.63, 3.8) is 0 Å². The molecular formula is C12H16ClNO. The molecule has 2 rings (SSSR count). The first kappa shape index (κ1) is 10.8. The highest BCUT2D eigenvalue weighted by Gasteiger charge is 2.19. The summed E-state index contributed by atoms with van der Waals surface area (Å²) in [7, 11) is 0. The fourth-order valence-electron chi connectivity index (χ4n) is 2.10. The fourth-order valence-corrected chi connectivity index (χ4v) is 2.23. The summed E-state index contributed by atoms with van der Waals surface area (Å²) < 4.78 is 0. The van der Waals surface area contributed by atoms with Crippen molar-refractivity contribution in [3.8, 4) is 0 Å². The average molecular weight is 226 g/mol. The molecule has 0 amide bonds. The largest absolute Gasteiger partial charge is 0.396 e. The Morgan fingerprint density at radius 3 is 2.73 bits per heavy atom. The van der Waals surface area contributed by atoms with Crippen LogP contribution in [0.1, 0.15) is 12.8 Å². The molecule has 0 spiro atoms. The predicted octanol–water partition coefficient (Wildman–Crippen LogP) is 2.55. The molecule has 0 saturated carbocycles. The Balaban J connectivity index is 2.06. The van der Waals surface area contributed by atoms with Gasteiger partial charge in [0.1, 0.15) is 0 Å². The molecule has 0 aromatic heterocycles. The Morgan fingerprint density at radius 2 is 2.07 bits per heavy atom. The first-order valence-electron chi connectivity index (χ1n) is 5.41. The molecular weight excluding hydrogens is 210 g/mol. The normalized spacial score (nSPS) is 21.7. The number of nitrogens with zero attached hydrogens (tertiary/aromatic N) is 1. The van der Waals surface area contributed by atoms with Crippen molar-refractivity contribution in [1.82, 2.24) is 0 Å². The zero-order chi connectivity index (χ0) is 10.7. The van der Waals surface area contributed by atoms with Crippen molar-refractivity contribution in [2.45, 2.75) is 12.8 Å². The van der Waals surface area contributed by atoms with Crippen molar-refractivity contribution in [1.29, 1.82) is 0 Å². The highest BCUT2D eigenvalue weighted by molar-refractivity contribution is 6.30. The Labute approximate surface area is 95.5 Å². The summed E-state index contributed by atoms with van der Waals surface area (Å²) in [6.45, 7) is 2.33. The third-order valence-electron chi connectivity index (χ3n) is 2.97. The topological polar surface area (TPSA) is 23.5 Å². The second-order valence-corrected chi connectivity index (χ2v) is 4.55. The molecule has 1 aromatic carbocycles. The van der Waals surface area contributed by atoms with Crippen LogP contribution in [-0.4, -0.2) is 24.8 Å². The molecule has 1 fully saturated rings. The Kier molecular flexibility index (Phi) is 3.49. The van der Waals surface area contributed by atoms with E-state index in [-0.39, 0.29) is 0 Å². The van der Waals surface area contributed by atoms with Gasteiger partial charge < -0.3 is 10.0 Å². The van der Waals surface area contributed by atoms with Crippen LogP contribution in [0.5, 0.6) is 0 Å². The lowest BCUT2D eigenvalue weighted by atomic mass is 9.98. The van der Waals surface area contributed by atoms with E-state index in [4.69, 9.17) is 16.7 Å². The highest BCUT2D eigenvalue weighted by atomic mass is 35.5. The van der Waals surface area contributed by atoms with Crippen LogP contribution in [0, 0.1) is 5.92 Å². The molecule has 1 heterocycles. The molecule has 0 radical (unpaired) electrons. The summed E-state index contributed by atoms with van der Waals surface area (Å²) >= 11 is 5.85. The smallest absolute Gasteiger partial charge is 0.0476 e. The maximum Gasteiger partial charge on any atom is 0.0476 e. The monoisotopic (exact) mass is 225 g/mol. The van der Waals surface area contributed by atoms with Gasteiger partial charge in [0.05, 0.1) is 0 Å². The predicted molar refractivity (Wildman–Crippen MR) is 63.5 cm³/mol. The van der Waals surface area contributed by atoms with Gasteiger partial charge in [-0.1, -0.05) is 11.6 Å². The van der Waals surface area contributed by atoms with E-state index in [0.717, 1.165) is 31.0 Å². The van der Waals surface area contributed by atoms with Crippen molar-refractivity contribution in [2.75, 3.05) is 24.6 Å². The van der Waals surface area contributed by atoms with Crippen LogP contribution in [0.15, 0.2) is 24.3 Å². The van der Waals surface area contributed by atoms with E-state index in [1.54, 1.807) is 0 Å². The molecule has 2 nitrogen and oxygen atoms in total. The number of aliphatic hydroxyl groups is 1. The summed E-state index contributed by atoms with van der Waals surface area (Å²) in [5, 5.41) is 9.92. The number of anilines is 1. The van der Waals surface area contributed by atoms with E-state index in [1.165, 1.54) is 5.69 Å². The van der Waals surface area contributed by atoms with Crippen LogP contribution in [0.4, 0.5) is 5.69 Å². The zero-order valence-corrected chi connectivity index (χ0v) is 9.45. The Hall–Kier alpha value is -0.730. The second kappa shape index (κ2) is 4.86. The number of aliphatic hydroxyl groups excluding tert-OH is 1. The lowest BCUT2D eigenvalue weighted by molar-refractivity contribution is 0.209. The first-order chi connectivity index (χ1) is 7.29. The van der Waals surface area contributed by atoms with Gasteiger partial charge in [-0.05, 0) is 43.0 Å². The molecule has 3 heteroatoms. The van der Waals surface area contributed by atoms with Crippen molar-refractivity contribution >= 4 is 17.3 Å². The van der Waals surface area contributed by atoms with Gasteiger partial charge >= 0.3 is 0 Å². The average Bonchev–Trinajstić information content (AvgIpc) is 2.30. The maximum atomic E-state index is 9.15. The number of hydrogen-bond donors (Lipinski definition) is 1. The molecule has 1 aliphatic heterocycles. The number of piperidine rings is 1. The van der Waals surface area contributed by atoms with Crippen LogP contribution >= 0.6 is 11.6 Å². The quantitative estimate of drug-likeness (QED) is 0.836. The van der Waals surface area contributed by atoms with E-state index in [1.807, 2.05) is 24.3 Å². The van der Waals surface area contributed by atoms with Gasteiger partial charge in [-0.2, -0.15) is 0 Å². The molecule has 0 unspecified atom stereocenters. The minimum atomic E-state index is 0.296. The molecule has 1 aromatic rings. The van der Waals surface area contributed by atoms with Gasteiger partial charge in [0.2, 0.25) is 0 Å². The second-order valence-electron chi connectivity index (χ2n) is 4.11. The van der Waals surface area contributed by atoms with Gasteiger partial charge in [-0.15, -0.1) is 0 Å². The van der Waals surface area contributed by atoms with E-state index >= 15 is 0 Å². The van der Waals surface area contributed by atoms with Gasteiger partial charge in [0.15, 0.2) is 0 Å². The third kappa shape index (κ3) is 2.64. The molecule has 1 N–H and O–H groups in total. The van der Waals surface area contributed by atoms with Gasteiger partial charge in [-0.3, -0.25) is 0 Å². The van der Waals surface area contributed by atoms with Crippen LogP contribution < -0.4 is 4.90 Å². The molecule has 1 saturated heterocycles. The van der Waals surface area contributed by atoms with E-state index in [9.17, 15) is 0 Å². The minimum Gasteiger partial charge on any atom is -0.396 e. The van der Waals surface area contributed by atoms with Gasteiger partial charge in [0.25, 0.3) is 0 Å². The Bertz CT molecular complexity index is 312. The summed E-state index contributed by atoms with van der Waals surface area (Å²) in [6.07, 6.45) is 2.30. The van der Waals surface area contributed by atoms with Crippen LogP contribution in [-0.2, 0) is 0 Å². The lowest BCUT2D eigenvalue weighted by Crippen LogP contribution is -2.36. The van der Waals surface area contributed by atoms with Gasteiger partial charge in [0, 0.05) is 30.4 Å². The van der Waals surface area contributed by atoms with E-state index in [2.05, 4.69) is 4.90 Å². The van der Waals surface area contributed by atoms with Crippen molar-refractivity contribution in [2.24, 2.45) is 5.92 Å². The van der Waals surface area contributed by atoms with Crippen LogP contribution in [0.25, 0.3) is 0 Å². The Morgan fingerprint density at radius 1 is 1.33 bits per heavy atom. The number of hydrogen-bond acceptors (Lipinski definition) is 2. The molecule has 1 atom stereocenters. The summed E-state index contributed by atoms with van der Waals surface area (Å²) in [5.41, 5.74) is 1.21. The SMILES string of the molecule is OC[C@@H]1CCCN(c2ccc(Cl)cc2)C1. The number of benzene rings is 1. The molecule has 0 aliphatic carbocycles. The van der Waals surface area contributed by atoms with Crippen LogP contribution in [0.2, 0.25) is 5.02 Å².